The summed E-state index contributed by atoms with van der Waals surface area (Å²) in [5, 5.41) is 3.47. The minimum Gasteiger partial charge on any atom is -0.316 e. The van der Waals surface area contributed by atoms with Gasteiger partial charge in [-0.3, -0.25) is 0 Å². The number of hydrogen-bond acceptors (Lipinski definition) is 1. The highest BCUT2D eigenvalue weighted by atomic mass is 127. The van der Waals surface area contributed by atoms with E-state index in [4.69, 9.17) is 0 Å². The summed E-state index contributed by atoms with van der Waals surface area (Å²) in [6.07, 6.45) is 11.5. The van der Waals surface area contributed by atoms with Crippen LogP contribution in [0.1, 0.15) is 65.2 Å². The van der Waals surface area contributed by atoms with Gasteiger partial charge in [-0.1, -0.05) is 58.8 Å². The molecular weight excluding hydrogens is 309 g/mol. The lowest BCUT2D eigenvalue weighted by Crippen LogP contribution is -2.15. The molecular formula is C14H30IN. The van der Waals surface area contributed by atoms with Crippen LogP contribution in [0.3, 0.4) is 0 Å². The summed E-state index contributed by atoms with van der Waals surface area (Å²) in [6, 6.07) is 0. The second-order valence-corrected chi connectivity index (χ2v) is 5.29. The Labute approximate surface area is 119 Å². The Morgan fingerprint density at radius 2 is 1.81 bits per heavy atom. The van der Waals surface area contributed by atoms with Gasteiger partial charge >= 0.3 is 0 Å². The van der Waals surface area contributed by atoms with Gasteiger partial charge in [0.2, 0.25) is 0 Å². The highest BCUT2D eigenvalue weighted by Crippen LogP contribution is 2.23. The van der Waals surface area contributed by atoms with E-state index in [9.17, 15) is 0 Å². The molecule has 0 saturated carbocycles. The molecule has 0 aliphatic carbocycles. The highest BCUT2D eigenvalue weighted by Gasteiger charge is 2.20. The molecule has 0 aromatic heterocycles. The Hall–Kier alpha value is 0.690. The topological polar surface area (TPSA) is 12.0 Å². The maximum absolute atomic E-state index is 3.47. The van der Waals surface area contributed by atoms with Gasteiger partial charge in [0.1, 0.15) is 0 Å². The largest absolute Gasteiger partial charge is 0.316 e. The summed E-state index contributed by atoms with van der Waals surface area (Å²) < 4.78 is 0. The van der Waals surface area contributed by atoms with E-state index in [2.05, 4.69) is 19.2 Å². The number of hydrogen-bond donors (Lipinski definition) is 1. The van der Waals surface area contributed by atoms with E-state index in [0.717, 1.165) is 11.8 Å². The second-order valence-electron chi connectivity index (χ2n) is 5.29. The predicted octanol–water partition coefficient (Wildman–Crippen LogP) is 4.60. The van der Waals surface area contributed by atoms with Gasteiger partial charge in [0.25, 0.3) is 0 Å². The third kappa shape index (κ3) is 7.10. The van der Waals surface area contributed by atoms with E-state index in [-0.39, 0.29) is 24.0 Å². The van der Waals surface area contributed by atoms with Crippen molar-refractivity contribution in [3.8, 4) is 0 Å². The molecule has 1 N–H and O–H groups in total. The van der Waals surface area contributed by atoms with Crippen LogP contribution in [0.15, 0.2) is 0 Å². The maximum Gasteiger partial charge on any atom is -0.00175 e. The zero-order valence-corrected chi connectivity index (χ0v) is 13.5. The minimum atomic E-state index is 0. The summed E-state index contributed by atoms with van der Waals surface area (Å²) in [5.41, 5.74) is 0. The SMILES string of the molecule is CCCCCCCCC(C)C1CCNC1.I. The van der Waals surface area contributed by atoms with Gasteiger partial charge in [-0.25, -0.2) is 0 Å². The minimum absolute atomic E-state index is 0. The Morgan fingerprint density at radius 1 is 1.12 bits per heavy atom. The summed E-state index contributed by atoms with van der Waals surface area (Å²) in [4.78, 5) is 0. The average molecular weight is 339 g/mol. The van der Waals surface area contributed by atoms with Crippen LogP contribution in [0, 0.1) is 11.8 Å². The van der Waals surface area contributed by atoms with Crippen LogP contribution in [-0.2, 0) is 0 Å². The molecule has 2 heteroatoms. The molecule has 1 aliphatic heterocycles. The first-order chi connectivity index (χ1) is 7.34. The third-order valence-electron chi connectivity index (χ3n) is 3.92. The van der Waals surface area contributed by atoms with Crippen molar-refractivity contribution in [1.82, 2.24) is 5.32 Å². The van der Waals surface area contributed by atoms with E-state index < -0.39 is 0 Å². The third-order valence-corrected chi connectivity index (χ3v) is 3.92. The Balaban J connectivity index is 0.00000225. The lowest BCUT2D eigenvalue weighted by Gasteiger charge is -2.17. The first-order valence-corrected chi connectivity index (χ1v) is 7.05. The molecule has 0 spiro atoms. The van der Waals surface area contributed by atoms with Crippen molar-refractivity contribution < 1.29 is 0 Å². The average Bonchev–Trinajstić information content (AvgIpc) is 2.76. The lowest BCUT2D eigenvalue weighted by molar-refractivity contribution is 0.350. The first-order valence-electron chi connectivity index (χ1n) is 7.05. The molecule has 0 aromatic rings. The lowest BCUT2D eigenvalue weighted by atomic mass is 9.88. The summed E-state index contributed by atoms with van der Waals surface area (Å²) in [6.45, 7) is 7.27. The first kappa shape index (κ1) is 16.7. The summed E-state index contributed by atoms with van der Waals surface area (Å²) in [5.74, 6) is 1.92. The molecule has 1 saturated heterocycles. The summed E-state index contributed by atoms with van der Waals surface area (Å²) >= 11 is 0. The van der Waals surface area contributed by atoms with Crippen molar-refractivity contribution in [3.63, 3.8) is 0 Å². The molecule has 0 bridgehead atoms. The van der Waals surface area contributed by atoms with E-state index in [0.29, 0.717) is 0 Å². The van der Waals surface area contributed by atoms with Crippen LogP contribution in [0.25, 0.3) is 0 Å². The number of halogens is 1. The molecule has 1 fully saturated rings. The fraction of sp³-hybridized carbons (Fsp3) is 1.00. The molecule has 0 radical (unpaired) electrons. The Kier molecular flexibility index (Phi) is 11.3. The Bertz CT molecular complexity index is 144. The van der Waals surface area contributed by atoms with Crippen molar-refractivity contribution in [2.24, 2.45) is 11.8 Å². The van der Waals surface area contributed by atoms with Crippen molar-refractivity contribution in [2.75, 3.05) is 13.1 Å². The smallest absolute Gasteiger partial charge is 0.00175 e. The van der Waals surface area contributed by atoms with Crippen LogP contribution in [0.5, 0.6) is 0 Å². The van der Waals surface area contributed by atoms with Crippen molar-refractivity contribution in [1.29, 1.82) is 0 Å². The molecule has 2 atom stereocenters. The van der Waals surface area contributed by atoms with Crippen molar-refractivity contribution in [3.05, 3.63) is 0 Å². The van der Waals surface area contributed by atoms with Gasteiger partial charge in [-0.15, -0.1) is 24.0 Å². The number of unbranched alkanes of at least 4 members (excludes halogenated alkanes) is 5. The Morgan fingerprint density at radius 3 is 2.44 bits per heavy atom. The van der Waals surface area contributed by atoms with Crippen molar-refractivity contribution in [2.45, 2.75) is 65.2 Å². The molecule has 98 valence electrons. The van der Waals surface area contributed by atoms with Crippen molar-refractivity contribution >= 4 is 24.0 Å². The molecule has 16 heavy (non-hydrogen) atoms. The zero-order valence-electron chi connectivity index (χ0n) is 11.1. The van der Waals surface area contributed by atoms with Gasteiger partial charge < -0.3 is 5.32 Å². The monoisotopic (exact) mass is 339 g/mol. The quantitative estimate of drug-likeness (QED) is 0.503. The van der Waals surface area contributed by atoms with Gasteiger partial charge in [0, 0.05) is 0 Å². The van der Waals surface area contributed by atoms with Crippen LogP contribution < -0.4 is 5.32 Å². The van der Waals surface area contributed by atoms with E-state index in [1.54, 1.807) is 0 Å². The predicted molar refractivity (Wildman–Crippen MR) is 83.5 cm³/mol. The standard InChI is InChI=1S/C14H29N.HI/c1-3-4-5-6-7-8-9-13(2)14-10-11-15-12-14;/h13-15H,3-12H2,1-2H3;1H. The van der Waals surface area contributed by atoms with Crippen LogP contribution in [0.2, 0.25) is 0 Å². The van der Waals surface area contributed by atoms with E-state index >= 15 is 0 Å². The number of nitrogens with one attached hydrogen (secondary N) is 1. The molecule has 2 unspecified atom stereocenters. The van der Waals surface area contributed by atoms with Gasteiger partial charge in [-0.05, 0) is 31.3 Å². The van der Waals surface area contributed by atoms with Gasteiger partial charge in [-0.2, -0.15) is 0 Å². The van der Waals surface area contributed by atoms with E-state index in [1.165, 1.54) is 64.5 Å². The molecule has 1 nitrogen and oxygen atoms in total. The van der Waals surface area contributed by atoms with Gasteiger partial charge in [0.15, 0.2) is 0 Å². The highest BCUT2D eigenvalue weighted by molar-refractivity contribution is 14.0. The number of rotatable bonds is 8. The van der Waals surface area contributed by atoms with Crippen LogP contribution in [-0.4, -0.2) is 13.1 Å². The second kappa shape index (κ2) is 10.8. The normalized spacial score (nSPS) is 21.8. The molecule has 0 aromatic carbocycles. The molecule has 1 heterocycles. The molecule has 0 amide bonds. The van der Waals surface area contributed by atoms with Gasteiger partial charge in [0.05, 0.1) is 0 Å². The molecule has 1 aliphatic rings. The van der Waals surface area contributed by atoms with E-state index in [1.807, 2.05) is 0 Å². The summed E-state index contributed by atoms with van der Waals surface area (Å²) in [7, 11) is 0. The van der Waals surface area contributed by atoms with Crippen LogP contribution in [0.4, 0.5) is 0 Å². The zero-order chi connectivity index (χ0) is 10.9. The van der Waals surface area contributed by atoms with Crippen LogP contribution >= 0.6 is 24.0 Å². The fourth-order valence-corrected chi connectivity index (χ4v) is 2.65. The maximum atomic E-state index is 3.47. The molecule has 1 rings (SSSR count). The fourth-order valence-electron chi connectivity index (χ4n) is 2.65.